The van der Waals surface area contributed by atoms with E-state index < -0.39 is 0 Å². The van der Waals surface area contributed by atoms with Crippen molar-refractivity contribution in [2.24, 2.45) is 11.3 Å². The minimum Gasteiger partial charge on any atom is -0.413 e. The van der Waals surface area contributed by atoms with Gasteiger partial charge >= 0.3 is 5.97 Å². The minimum atomic E-state index is -0.296. The summed E-state index contributed by atoms with van der Waals surface area (Å²) in [5.74, 6) is -0.658. The minimum absolute atomic E-state index is 0.156. The predicted molar refractivity (Wildman–Crippen MR) is 98.7 cm³/mol. The predicted octanol–water partition coefficient (Wildman–Crippen LogP) is 4.22. The van der Waals surface area contributed by atoms with Crippen molar-refractivity contribution < 1.29 is 14.3 Å². The van der Waals surface area contributed by atoms with Gasteiger partial charge in [0, 0.05) is 5.56 Å². The van der Waals surface area contributed by atoms with Crippen LogP contribution in [0.25, 0.3) is 0 Å². The molecule has 1 heterocycles. The molecule has 134 valence electrons. The number of hydrogen-bond donors (Lipinski definition) is 1. The Morgan fingerprint density at radius 3 is 2.36 bits per heavy atom. The zero-order chi connectivity index (χ0) is 18.6. The molecule has 0 radical (unpaired) electrons. The molecule has 1 amide bonds. The number of amides is 1. The number of benzene rings is 1. The zero-order valence-electron chi connectivity index (χ0n) is 15.2. The van der Waals surface area contributed by atoms with Crippen molar-refractivity contribution in [3.8, 4) is 5.06 Å². The molecule has 5 nitrogen and oxygen atoms in total. The van der Waals surface area contributed by atoms with Crippen LogP contribution >= 0.6 is 11.3 Å². The Labute approximate surface area is 152 Å². The lowest BCUT2D eigenvalue weighted by Crippen LogP contribution is -2.36. The maximum Gasteiger partial charge on any atom is 0.314 e. The van der Waals surface area contributed by atoms with E-state index in [9.17, 15) is 9.59 Å². The van der Waals surface area contributed by atoms with Gasteiger partial charge in [0.15, 0.2) is 0 Å². The fourth-order valence-electron chi connectivity index (χ4n) is 2.12. The fourth-order valence-corrected chi connectivity index (χ4v) is 3.19. The van der Waals surface area contributed by atoms with Crippen molar-refractivity contribution >= 4 is 23.2 Å². The highest BCUT2D eigenvalue weighted by molar-refractivity contribution is 7.13. The third kappa shape index (κ3) is 5.13. The summed E-state index contributed by atoms with van der Waals surface area (Å²) in [5.41, 5.74) is 0.349. The molecular formula is C19H24N2O3S. The van der Waals surface area contributed by atoms with Gasteiger partial charge < -0.3 is 10.1 Å². The third-order valence-electron chi connectivity index (χ3n) is 3.60. The smallest absolute Gasteiger partial charge is 0.314 e. The number of nitrogens with one attached hydrogen (secondary N) is 1. The lowest BCUT2D eigenvalue weighted by Gasteiger charge is -2.29. The monoisotopic (exact) mass is 360 g/mol. The summed E-state index contributed by atoms with van der Waals surface area (Å²) in [6.07, 6.45) is 1.54. The number of rotatable bonds is 5. The van der Waals surface area contributed by atoms with E-state index in [2.05, 4.69) is 10.3 Å². The van der Waals surface area contributed by atoms with Crippen molar-refractivity contribution in [1.29, 1.82) is 0 Å². The summed E-state index contributed by atoms with van der Waals surface area (Å²) in [6.45, 7) is 9.66. The van der Waals surface area contributed by atoms with Gasteiger partial charge in [-0.1, -0.05) is 64.2 Å². The number of ether oxygens (including phenoxy) is 1. The van der Waals surface area contributed by atoms with Crippen LogP contribution < -0.4 is 10.1 Å². The normalized spacial score (nSPS) is 12.7. The molecule has 1 aromatic heterocycles. The van der Waals surface area contributed by atoms with Crippen molar-refractivity contribution in [3.05, 3.63) is 47.1 Å². The van der Waals surface area contributed by atoms with Crippen molar-refractivity contribution in [3.63, 3.8) is 0 Å². The molecule has 0 aliphatic carbocycles. The van der Waals surface area contributed by atoms with Crippen molar-refractivity contribution in [1.82, 2.24) is 10.3 Å². The average Bonchev–Trinajstić information content (AvgIpc) is 2.99. The van der Waals surface area contributed by atoms with Crippen LogP contribution in [0.15, 0.2) is 36.5 Å². The summed E-state index contributed by atoms with van der Waals surface area (Å²) in [6, 6.07) is 8.77. The number of carbonyl (C=O) groups excluding carboxylic acids is 2. The van der Waals surface area contributed by atoms with E-state index in [-0.39, 0.29) is 29.3 Å². The van der Waals surface area contributed by atoms with Crippen LogP contribution in [0.2, 0.25) is 0 Å². The van der Waals surface area contributed by atoms with E-state index in [1.807, 2.05) is 39.0 Å². The number of nitrogens with zero attached hydrogens (tertiary/aromatic N) is 1. The highest BCUT2D eigenvalue weighted by Gasteiger charge is 2.31. The summed E-state index contributed by atoms with van der Waals surface area (Å²) >= 11 is 1.28. The number of hydrogen-bond acceptors (Lipinski definition) is 5. The first-order valence-corrected chi connectivity index (χ1v) is 9.03. The Bertz CT molecular complexity index is 733. The Balaban J connectivity index is 2.20. The van der Waals surface area contributed by atoms with Gasteiger partial charge in [0.2, 0.25) is 5.06 Å². The van der Waals surface area contributed by atoms with Gasteiger partial charge in [0.25, 0.3) is 5.91 Å². The van der Waals surface area contributed by atoms with Crippen LogP contribution in [-0.4, -0.2) is 16.9 Å². The second-order valence-corrected chi connectivity index (χ2v) is 8.26. The first kappa shape index (κ1) is 19.1. The lowest BCUT2D eigenvalue weighted by molar-refractivity contribution is -0.137. The Hall–Kier alpha value is -2.21. The maximum atomic E-state index is 12.5. The van der Waals surface area contributed by atoms with E-state index in [1.165, 1.54) is 17.5 Å². The van der Waals surface area contributed by atoms with Gasteiger partial charge in [0.1, 0.15) is 5.01 Å². The Kier molecular flexibility index (Phi) is 5.95. The summed E-state index contributed by atoms with van der Waals surface area (Å²) < 4.78 is 5.31. The quantitative estimate of drug-likeness (QED) is 0.811. The molecule has 0 spiro atoms. The highest BCUT2D eigenvalue weighted by Crippen LogP contribution is 2.37. The topological polar surface area (TPSA) is 68.3 Å². The fraction of sp³-hybridized carbons (Fsp3) is 0.421. The standard InChI is InChI=1S/C19H24N2O3S/c1-12(2)18(23)24-14-11-20-17(25-14)15(19(3,4)5)21-16(22)13-9-7-6-8-10-13/h6-12,15H,1-5H3,(H,21,22). The molecule has 0 saturated carbocycles. The molecule has 0 bridgehead atoms. The maximum absolute atomic E-state index is 12.5. The number of carbonyl (C=O) groups is 2. The molecule has 0 fully saturated rings. The van der Waals surface area contributed by atoms with E-state index in [0.29, 0.717) is 15.6 Å². The summed E-state index contributed by atoms with van der Waals surface area (Å²) in [5, 5.41) is 4.20. The molecular weight excluding hydrogens is 336 g/mol. The second-order valence-electron chi connectivity index (χ2n) is 7.23. The van der Waals surface area contributed by atoms with E-state index in [1.54, 1.807) is 26.0 Å². The highest BCUT2D eigenvalue weighted by atomic mass is 32.1. The molecule has 0 aliphatic heterocycles. The summed E-state index contributed by atoms with van der Waals surface area (Å²) in [7, 11) is 0. The first-order chi connectivity index (χ1) is 11.7. The van der Waals surface area contributed by atoms with Crippen LogP contribution in [0.4, 0.5) is 0 Å². The molecule has 2 rings (SSSR count). The van der Waals surface area contributed by atoms with Crippen molar-refractivity contribution in [2.45, 2.75) is 40.7 Å². The third-order valence-corrected chi connectivity index (χ3v) is 4.54. The molecule has 0 aliphatic rings. The van der Waals surface area contributed by atoms with Crippen LogP contribution in [0, 0.1) is 11.3 Å². The Morgan fingerprint density at radius 2 is 1.80 bits per heavy atom. The molecule has 0 saturated heterocycles. The van der Waals surface area contributed by atoms with E-state index in [0.717, 1.165) is 0 Å². The van der Waals surface area contributed by atoms with Crippen LogP contribution in [0.3, 0.4) is 0 Å². The zero-order valence-corrected chi connectivity index (χ0v) is 16.0. The molecule has 1 N–H and O–H groups in total. The van der Waals surface area contributed by atoms with Gasteiger partial charge in [0.05, 0.1) is 18.2 Å². The van der Waals surface area contributed by atoms with Crippen LogP contribution in [-0.2, 0) is 4.79 Å². The van der Waals surface area contributed by atoms with Gasteiger partial charge in [-0.15, -0.1) is 0 Å². The molecule has 25 heavy (non-hydrogen) atoms. The molecule has 1 atom stereocenters. The molecule has 2 aromatic rings. The van der Waals surface area contributed by atoms with Crippen LogP contribution in [0.5, 0.6) is 5.06 Å². The SMILES string of the molecule is CC(C)C(=O)Oc1cnc(C(NC(=O)c2ccccc2)C(C)(C)C)s1. The van der Waals surface area contributed by atoms with Crippen molar-refractivity contribution in [2.75, 3.05) is 0 Å². The Morgan fingerprint density at radius 1 is 1.16 bits per heavy atom. The first-order valence-electron chi connectivity index (χ1n) is 8.22. The molecule has 1 aromatic carbocycles. The lowest BCUT2D eigenvalue weighted by atomic mass is 9.87. The molecule has 6 heteroatoms. The van der Waals surface area contributed by atoms with Crippen LogP contribution in [0.1, 0.15) is 56.0 Å². The second kappa shape index (κ2) is 7.78. The van der Waals surface area contributed by atoms with E-state index in [4.69, 9.17) is 4.74 Å². The summed E-state index contributed by atoms with van der Waals surface area (Å²) in [4.78, 5) is 28.6. The largest absolute Gasteiger partial charge is 0.413 e. The number of thiazole rings is 1. The van der Waals surface area contributed by atoms with Gasteiger partial charge in [-0.25, -0.2) is 4.98 Å². The number of esters is 1. The van der Waals surface area contributed by atoms with Gasteiger partial charge in [-0.05, 0) is 17.5 Å². The van der Waals surface area contributed by atoms with Gasteiger partial charge in [-0.3, -0.25) is 9.59 Å². The molecule has 1 unspecified atom stereocenters. The number of aromatic nitrogens is 1. The average molecular weight is 360 g/mol. The van der Waals surface area contributed by atoms with Gasteiger partial charge in [-0.2, -0.15) is 0 Å². The van der Waals surface area contributed by atoms with E-state index >= 15 is 0 Å².